The predicted molar refractivity (Wildman–Crippen MR) is 66.5 cm³/mol. The summed E-state index contributed by atoms with van der Waals surface area (Å²) in [6, 6.07) is 0. The lowest BCUT2D eigenvalue weighted by Crippen LogP contribution is -2.38. The van der Waals surface area contributed by atoms with E-state index in [0.717, 1.165) is 19.6 Å². The van der Waals surface area contributed by atoms with Gasteiger partial charge in [-0.2, -0.15) is 0 Å². The van der Waals surface area contributed by atoms with Crippen molar-refractivity contribution in [2.75, 3.05) is 39.8 Å². The third-order valence-electron chi connectivity index (χ3n) is 4.12. The number of likely N-dealkylation sites (tertiary alicyclic amines) is 2. The third-order valence-corrected chi connectivity index (χ3v) is 4.12. The molecule has 2 rings (SSSR count). The molecule has 0 spiro atoms. The van der Waals surface area contributed by atoms with E-state index in [4.69, 9.17) is 0 Å². The topological polar surface area (TPSA) is 26.7 Å². The minimum atomic E-state index is -0.108. The fourth-order valence-electron chi connectivity index (χ4n) is 3.02. The Morgan fingerprint density at radius 1 is 1.12 bits per heavy atom. The molecule has 0 aliphatic carbocycles. The van der Waals surface area contributed by atoms with E-state index in [0.29, 0.717) is 5.92 Å². The fourth-order valence-corrected chi connectivity index (χ4v) is 3.02. The Morgan fingerprint density at radius 3 is 2.38 bits per heavy atom. The van der Waals surface area contributed by atoms with Crippen molar-refractivity contribution in [3.63, 3.8) is 0 Å². The van der Waals surface area contributed by atoms with E-state index in [2.05, 4.69) is 16.8 Å². The highest BCUT2D eigenvalue weighted by Crippen LogP contribution is 2.20. The van der Waals surface area contributed by atoms with Gasteiger partial charge < -0.3 is 14.9 Å². The van der Waals surface area contributed by atoms with Crippen molar-refractivity contribution >= 4 is 0 Å². The zero-order valence-corrected chi connectivity index (χ0v) is 10.6. The second-order valence-electron chi connectivity index (χ2n) is 5.59. The average Bonchev–Trinajstić information content (AvgIpc) is 2.54. The van der Waals surface area contributed by atoms with E-state index in [1.165, 1.54) is 45.2 Å². The Hall–Kier alpha value is -0.120. The van der Waals surface area contributed by atoms with Gasteiger partial charge in [0, 0.05) is 13.1 Å². The molecule has 2 fully saturated rings. The van der Waals surface area contributed by atoms with Crippen LogP contribution in [0.3, 0.4) is 0 Å². The van der Waals surface area contributed by atoms with E-state index in [1.807, 2.05) is 0 Å². The van der Waals surface area contributed by atoms with Crippen molar-refractivity contribution in [2.24, 2.45) is 5.92 Å². The summed E-state index contributed by atoms with van der Waals surface area (Å²) in [4.78, 5) is 4.80. The Labute approximate surface area is 99.4 Å². The van der Waals surface area contributed by atoms with Crippen molar-refractivity contribution in [3.05, 3.63) is 0 Å². The number of nitrogens with zero attached hydrogens (tertiary/aromatic N) is 2. The van der Waals surface area contributed by atoms with Crippen molar-refractivity contribution in [1.82, 2.24) is 9.80 Å². The molecule has 2 saturated heterocycles. The molecule has 0 aromatic heterocycles. The first-order chi connectivity index (χ1) is 7.75. The maximum atomic E-state index is 10.2. The lowest BCUT2D eigenvalue weighted by Gasteiger charge is -2.26. The number of β-amino-alcohol motifs (C(OH)–C–C–N with tert-alkyl or cyclic N) is 1. The van der Waals surface area contributed by atoms with E-state index >= 15 is 0 Å². The van der Waals surface area contributed by atoms with Gasteiger partial charge in [-0.1, -0.05) is 12.8 Å². The normalized spacial score (nSPS) is 31.5. The lowest BCUT2D eigenvalue weighted by molar-refractivity contribution is 0.0682. The second-order valence-corrected chi connectivity index (χ2v) is 5.59. The predicted octanol–water partition coefficient (Wildman–Crippen LogP) is 1.17. The van der Waals surface area contributed by atoms with E-state index in [1.54, 1.807) is 0 Å². The summed E-state index contributed by atoms with van der Waals surface area (Å²) < 4.78 is 0. The van der Waals surface area contributed by atoms with Gasteiger partial charge >= 0.3 is 0 Å². The van der Waals surface area contributed by atoms with Crippen LogP contribution in [0.2, 0.25) is 0 Å². The second kappa shape index (κ2) is 5.99. The van der Waals surface area contributed by atoms with Gasteiger partial charge in [0.2, 0.25) is 0 Å². The number of hydrogen-bond donors (Lipinski definition) is 1. The number of hydrogen-bond acceptors (Lipinski definition) is 3. The quantitative estimate of drug-likeness (QED) is 0.783. The first kappa shape index (κ1) is 12.3. The summed E-state index contributed by atoms with van der Waals surface area (Å²) in [5.41, 5.74) is 0. The van der Waals surface area contributed by atoms with Gasteiger partial charge in [-0.15, -0.1) is 0 Å². The molecule has 2 heterocycles. The Morgan fingerprint density at radius 2 is 1.81 bits per heavy atom. The summed E-state index contributed by atoms with van der Waals surface area (Å²) in [5, 5.41) is 10.2. The number of aliphatic hydroxyl groups excluding tert-OH is 1. The lowest BCUT2D eigenvalue weighted by atomic mass is 10.0. The molecule has 3 nitrogen and oxygen atoms in total. The Balaban J connectivity index is 1.74. The van der Waals surface area contributed by atoms with Gasteiger partial charge in [0.25, 0.3) is 0 Å². The summed E-state index contributed by atoms with van der Waals surface area (Å²) in [7, 11) is 2.15. The maximum absolute atomic E-state index is 10.2. The zero-order valence-electron chi connectivity index (χ0n) is 10.6. The van der Waals surface area contributed by atoms with Crippen LogP contribution >= 0.6 is 0 Å². The molecule has 1 N–H and O–H groups in total. The first-order valence-corrected chi connectivity index (χ1v) is 6.84. The van der Waals surface area contributed by atoms with E-state index < -0.39 is 0 Å². The number of aliphatic hydroxyl groups is 1. The fraction of sp³-hybridized carbons (Fsp3) is 1.00. The molecule has 2 aliphatic heterocycles. The molecule has 16 heavy (non-hydrogen) atoms. The van der Waals surface area contributed by atoms with Crippen LogP contribution < -0.4 is 0 Å². The summed E-state index contributed by atoms with van der Waals surface area (Å²) in [5.74, 6) is 0.508. The van der Waals surface area contributed by atoms with Crippen LogP contribution in [0.15, 0.2) is 0 Å². The molecule has 2 aliphatic rings. The first-order valence-electron chi connectivity index (χ1n) is 6.84. The van der Waals surface area contributed by atoms with Crippen LogP contribution in [-0.2, 0) is 0 Å². The van der Waals surface area contributed by atoms with Gasteiger partial charge in [0.1, 0.15) is 0 Å². The molecule has 0 aromatic rings. The molecular weight excluding hydrogens is 200 g/mol. The van der Waals surface area contributed by atoms with Gasteiger partial charge in [-0.05, 0) is 51.9 Å². The largest absolute Gasteiger partial charge is 0.391 e. The summed E-state index contributed by atoms with van der Waals surface area (Å²) in [6.45, 7) is 5.52. The molecular formula is C13H26N2O. The Kier molecular flexibility index (Phi) is 4.62. The van der Waals surface area contributed by atoms with E-state index in [-0.39, 0.29) is 6.10 Å². The molecule has 3 heteroatoms. The van der Waals surface area contributed by atoms with Crippen LogP contribution in [0.5, 0.6) is 0 Å². The van der Waals surface area contributed by atoms with Crippen LogP contribution in [0.25, 0.3) is 0 Å². The smallest absolute Gasteiger partial charge is 0.0707 e. The minimum absolute atomic E-state index is 0.108. The SMILES string of the molecule is CN1CCC(C(O)CN2CCCCCC2)C1. The van der Waals surface area contributed by atoms with Gasteiger partial charge in [0.05, 0.1) is 6.10 Å². The molecule has 0 saturated carbocycles. The summed E-state index contributed by atoms with van der Waals surface area (Å²) in [6.07, 6.45) is 6.44. The van der Waals surface area contributed by atoms with Gasteiger partial charge in [-0.3, -0.25) is 0 Å². The van der Waals surface area contributed by atoms with Crippen molar-refractivity contribution < 1.29 is 5.11 Å². The number of rotatable bonds is 3. The standard InChI is InChI=1S/C13H26N2O/c1-14-9-6-12(10-14)13(16)11-15-7-4-2-3-5-8-15/h12-13,16H,2-11H2,1H3. The molecule has 0 radical (unpaired) electrons. The third kappa shape index (κ3) is 3.44. The Bertz CT molecular complexity index is 202. The van der Waals surface area contributed by atoms with Crippen LogP contribution in [-0.4, -0.2) is 60.8 Å². The van der Waals surface area contributed by atoms with Crippen molar-refractivity contribution in [3.8, 4) is 0 Å². The average molecular weight is 226 g/mol. The summed E-state index contributed by atoms with van der Waals surface area (Å²) >= 11 is 0. The highest BCUT2D eigenvalue weighted by atomic mass is 16.3. The zero-order chi connectivity index (χ0) is 11.4. The molecule has 0 bridgehead atoms. The van der Waals surface area contributed by atoms with Gasteiger partial charge in [0.15, 0.2) is 0 Å². The molecule has 2 unspecified atom stereocenters. The monoisotopic (exact) mass is 226 g/mol. The molecule has 0 amide bonds. The highest BCUT2D eigenvalue weighted by Gasteiger charge is 2.27. The van der Waals surface area contributed by atoms with Gasteiger partial charge in [-0.25, -0.2) is 0 Å². The van der Waals surface area contributed by atoms with Crippen LogP contribution in [0, 0.1) is 5.92 Å². The maximum Gasteiger partial charge on any atom is 0.0707 e. The van der Waals surface area contributed by atoms with Crippen molar-refractivity contribution in [2.45, 2.75) is 38.2 Å². The molecule has 2 atom stereocenters. The minimum Gasteiger partial charge on any atom is -0.391 e. The van der Waals surface area contributed by atoms with Crippen LogP contribution in [0.4, 0.5) is 0 Å². The highest BCUT2D eigenvalue weighted by molar-refractivity contribution is 4.81. The van der Waals surface area contributed by atoms with E-state index in [9.17, 15) is 5.11 Å². The molecule has 94 valence electrons. The van der Waals surface area contributed by atoms with Crippen LogP contribution in [0.1, 0.15) is 32.1 Å². The van der Waals surface area contributed by atoms with Crippen molar-refractivity contribution in [1.29, 1.82) is 0 Å². The molecule has 0 aromatic carbocycles.